The number of benzene rings is 2. The highest BCUT2D eigenvalue weighted by molar-refractivity contribution is 5.92. The highest BCUT2D eigenvalue weighted by atomic mass is 19.1. The summed E-state index contributed by atoms with van der Waals surface area (Å²) >= 11 is 0. The van der Waals surface area contributed by atoms with E-state index in [1.165, 1.54) is 12.1 Å². The van der Waals surface area contributed by atoms with E-state index in [1.807, 2.05) is 6.07 Å². The molecule has 0 atom stereocenters. The molecule has 2 aromatic carbocycles. The van der Waals surface area contributed by atoms with Gasteiger partial charge in [0.1, 0.15) is 0 Å². The molecule has 4 N–H and O–H groups in total. The van der Waals surface area contributed by atoms with Gasteiger partial charge in [-0.05, 0) is 29.8 Å². The molecule has 0 spiro atoms. The number of hydrogen-bond acceptors (Lipinski definition) is 3. The second-order valence-corrected chi connectivity index (χ2v) is 4.08. The first-order valence-corrected chi connectivity index (χ1v) is 5.67. The molecule has 0 aromatic heterocycles. The summed E-state index contributed by atoms with van der Waals surface area (Å²) in [5.74, 6) is -1.56. The fraction of sp³-hybridized carbons (Fsp3) is 0.0714. The number of carbonyl (C=O) groups excluding carboxylic acids is 1. The van der Waals surface area contributed by atoms with Gasteiger partial charge in [0.15, 0.2) is 11.6 Å². The van der Waals surface area contributed by atoms with Gasteiger partial charge >= 0.3 is 0 Å². The van der Waals surface area contributed by atoms with Crippen molar-refractivity contribution in [1.82, 2.24) is 0 Å². The van der Waals surface area contributed by atoms with E-state index in [0.717, 1.165) is 5.56 Å². The normalized spacial score (nSPS) is 10.2. The molecule has 2 rings (SSSR count). The van der Waals surface area contributed by atoms with Gasteiger partial charge in [-0.2, -0.15) is 0 Å². The molecule has 19 heavy (non-hydrogen) atoms. The van der Waals surface area contributed by atoms with E-state index in [-0.39, 0.29) is 5.75 Å². The van der Waals surface area contributed by atoms with Crippen LogP contribution in [0, 0.1) is 5.82 Å². The number of nitrogens with one attached hydrogen (secondary N) is 1. The van der Waals surface area contributed by atoms with Gasteiger partial charge in [0, 0.05) is 23.9 Å². The third-order valence-electron chi connectivity index (χ3n) is 2.66. The second kappa shape index (κ2) is 5.39. The molecule has 4 nitrogen and oxygen atoms in total. The molecular formula is C14H13FN2O2. The molecule has 0 aliphatic heterocycles. The standard InChI is InChI=1S/C14H13FN2O2/c15-12-7-11(4-5-13(12)18)17-8-9-2-1-3-10(6-9)14(16)19/h1-7,17-18H,8H2,(H2,16,19). The van der Waals surface area contributed by atoms with Crippen molar-refractivity contribution in [3.8, 4) is 5.75 Å². The lowest BCUT2D eigenvalue weighted by molar-refractivity contribution is 0.1000. The minimum Gasteiger partial charge on any atom is -0.505 e. The molecule has 2 aromatic rings. The lowest BCUT2D eigenvalue weighted by atomic mass is 10.1. The SMILES string of the molecule is NC(=O)c1cccc(CNc2ccc(O)c(F)c2)c1. The average molecular weight is 260 g/mol. The van der Waals surface area contributed by atoms with Gasteiger partial charge in [-0.1, -0.05) is 12.1 Å². The van der Waals surface area contributed by atoms with Crippen LogP contribution in [0.4, 0.5) is 10.1 Å². The van der Waals surface area contributed by atoms with Gasteiger partial charge < -0.3 is 16.2 Å². The number of anilines is 1. The van der Waals surface area contributed by atoms with Crippen LogP contribution in [0.15, 0.2) is 42.5 Å². The molecule has 1 amide bonds. The van der Waals surface area contributed by atoms with E-state index in [2.05, 4.69) is 5.32 Å². The zero-order chi connectivity index (χ0) is 13.8. The van der Waals surface area contributed by atoms with Crippen molar-refractivity contribution in [2.45, 2.75) is 6.54 Å². The maximum absolute atomic E-state index is 13.1. The van der Waals surface area contributed by atoms with Crippen LogP contribution >= 0.6 is 0 Å². The molecule has 0 fully saturated rings. The van der Waals surface area contributed by atoms with Gasteiger partial charge in [-0.15, -0.1) is 0 Å². The largest absolute Gasteiger partial charge is 0.505 e. The Kier molecular flexibility index (Phi) is 3.66. The number of nitrogens with two attached hydrogens (primary N) is 1. The monoisotopic (exact) mass is 260 g/mol. The van der Waals surface area contributed by atoms with Crippen LogP contribution in [0.5, 0.6) is 5.75 Å². The van der Waals surface area contributed by atoms with Crippen LogP contribution in [0.25, 0.3) is 0 Å². The molecule has 5 heteroatoms. The summed E-state index contributed by atoms with van der Waals surface area (Å²) in [5, 5.41) is 12.1. The third kappa shape index (κ3) is 3.22. The van der Waals surface area contributed by atoms with Crippen LogP contribution in [0.2, 0.25) is 0 Å². The van der Waals surface area contributed by atoms with Crippen LogP contribution < -0.4 is 11.1 Å². The van der Waals surface area contributed by atoms with Gasteiger partial charge in [0.25, 0.3) is 0 Å². The molecule has 0 aliphatic carbocycles. The van der Waals surface area contributed by atoms with Crippen molar-refractivity contribution in [2.24, 2.45) is 5.73 Å². The van der Waals surface area contributed by atoms with E-state index in [9.17, 15) is 9.18 Å². The Morgan fingerprint density at radius 1 is 1.26 bits per heavy atom. The molecule has 0 unspecified atom stereocenters. The van der Waals surface area contributed by atoms with E-state index < -0.39 is 11.7 Å². The second-order valence-electron chi connectivity index (χ2n) is 4.08. The summed E-state index contributed by atoms with van der Waals surface area (Å²) in [6.07, 6.45) is 0. The summed E-state index contributed by atoms with van der Waals surface area (Å²) in [7, 11) is 0. The molecule has 0 heterocycles. The quantitative estimate of drug-likeness (QED) is 0.738. The highest BCUT2D eigenvalue weighted by Crippen LogP contribution is 2.20. The number of hydrogen-bond donors (Lipinski definition) is 3. The maximum atomic E-state index is 13.1. The first kappa shape index (κ1) is 12.9. The number of primary amides is 1. The molecule has 0 aliphatic rings. The number of carbonyl (C=O) groups is 1. The number of phenols is 1. The van der Waals surface area contributed by atoms with Crippen LogP contribution in [-0.4, -0.2) is 11.0 Å². The summed E-state index contributed by atoms with van der Waals surface area (Å²) in [6, 6.07) is 10.9. The number of halogens is 1. The molecule has 0 saturated carbocycles. The maximum Gasteiger partial charge on any atom is 0.248 e. The van der Waals surface area contributed by atoms with E-state index >= 15 is 0 Å². The number of aromatic hydroxyl groups is 1. The highest BCUT2D eigenvalue weighted by Gasteiger charge is 2.03. The topological polar surface area (TPSA) is 75.4 Å². The smallest absolute Gasteiger partial charge is 0.248 e. The van der Waals surface area contributed by atoms with Crippen molar-refractivity contribution < 1.29 is 14.3 Å². The third-order valence-corrected chi connectivity index (χ3v) is 2.66. The van der Waals surface area contributed by atoms with Crippen molar-refractivity contribution in [2.75, 3.05) is 5.32 Å². The van der Waals surface area contributed by atoms with Crippen molar-refractivity contribution in [1.29, 1.82) is 0 Å². The Labute approximate surface area is 109 Å². The predicted molar refractivity (Wildman–Crippen MR) is 70.4 cm³/mol. The first-order valence-electron chi connectivity index (χ1n) is 5.67. The molecule has 0 radical (unpaired) electrons. The molecule has 98 valence electrons. The van der Waals surface area contributed by atoms with Crippen LogP contribution in [-0.2, 0) is 6.54 Å². The van der Waals surface area contributed by atoms with Crippen LogP contribution in [0.3, 0.4) is 0 Å². The zero-order valence-corrected chi connectivity index (χ0v) is 10.1. The van der Waals surface area contributed by atoms with Crippen molar-refractivity contribution in [3.63, 3.8) is 0 Å². The average Bonchev–Trinajstić information content (AvgIpc) is 2.40. The van der Waals surface area contributed by atoms with Crippen LogP contribution in [0.1, 0.15) is 15.9 Å². The Morgan fingerprint density at radius 2 is 2.05 bits per heavy atom. The van der Waals surface area contributed by atoms with E-state index in [4.69, 9.17) is 10.8 Å². The van der Waals surface area contributed by atoms with Gasteiger partial charge in [-0.25, -0.2) is 4.39 Å². The summed E-state index contributed by atoms with van der Waals surface area (Å²) in [6.45, 7) is 0.422. The minimum atomic E-state index is -0.684. The van der Waals surface area contributed by atoms with Gasteiger partial charge in [-0.3, -0.25) is 4.79 Å². The molecule has 0 saturated heterocycles. The fourth-order valence-electron chi connectivity index (χ4n) is 1.66. The first-order chi connectivity index (χ1) is 9.06. The zero-order valence-electron chi connectivity index (χ0n) is 10.1. The molecule has 0 bridgehead atoms. The Hall–Kier alpha value is -2.56. The summed E-state index contributed by atoms with van der Waals surface area (Å²) in [5.41, 5.74) is 7.01. The van der Waals surface area contributed by atoms with E-state index in [1.54, 1.807) is 24.3 Å². The Balaban J connectivity index is 2.07. The Morgan fingerprint density at radius 3 is 2.74 bits per heavy atom. The van der Waals surface area contributed by atoms with Gasteiger partial charge in [0.2, 0.25) is 5.91 Å². The summed E-state index contributed by atoms with van der Waals surface area (Å²) in [4.78, 5) is 11.0. The van der Waals surface area contributed by atoms with Crippen molar-refractivity contribution in [3.05, 3.63) is 59.4 Å². The fourth-order valence-corrected chi connectivity index (χ4v) is 1.66. The predicted octanol–water partition coefficient (Wildman–Crippen LogP) is 2.24. The number of rotatable bonds is 4. The van der Waals surface area contributed by atoms with Crippen molar-refractivity contribution >= 4 is 11.6 Å². The summed E-state index contributed by atoms with van der Waals surface area (Å²) < 4.78 is 13.1. The van der Waals surface area contributed by atoms with Gasteiger partial charge in [0.05, 0.1) is 0 Å². The molecular weight excluding hydrogens is 247 g/mol. The minimum absolute atomic E-state index is 0.388. The Bertz CT molecular complexity index is 614. The lowest BCUT2D eigenvalue weighted by Gasteiger charge is -2.08. The lowest BCUT2D eigenvalue weighted by Crippen LogP contribution is -2.11. The number of amides is 1. The number of phenolic OH excluding ortho intramolecular Hbond substituents is 1. The van der Waals surface area contributed by atoms with E-state index in [0.29, 0.717) is 17.8 Å².